The molecule has 0 unspecified atom stereocenters. The molecule has 0 atom stereocenters. The third-order valence-electron chi connectivity index (χ3n) is 3.82. The van der Waals surface area contributed by atoms with Gasteiger partial charge < -0.3 is 5.73 Å². The maximum absolute atomic E-state index is 11.5. The van der Waals surface area contributed by atoms with Crippen LogP contribution >= 0.6 is 22.7 Å². The summed E-state index contributed by atoms with van der Waals surface area (Å²) < 4.78 is 1.10. The number of pyridine rings is 1. The summed E-state index contributed by atoms with van der Waals surface area (Å²) in [5.74, 6) is -0.497. The van der Waals surface area contributed by atoms with Crippen molar-refractivity contribution in [3.63, 3.8) is 0 Å². The second-order valence-corrected chi connectivity index (χ2v) is 7.05. The van der Waals surface area contributed by atoms with Crippen LogP contribution in [0, 0.1) is 0 Å². The molecule has 0 spiro atoms. The van der Waals surface area contributed by atoms with Crippen molar-refractivity contribution in [3.05, 3.63) is 69.5 Å². The van der Waals surface area contributed by atoms with Crippen molar-refractivity contribution >= 4 is 38.8 Å². The van der Waals surface area contributed by atoms with Crippen molar-refractivity contribution in [2.24, 2.45) is 5.73 Å². The molecule has 3 aromatic heterocycles. The zero-order valence-corrected chi connectivity index (χ0v) is 14.2. The molecule has 0 aliphatic heterocycles. The third kappa shape index (κ3) is 2.81. The van der Waals surface area contributed by atoms with Gasteiger partial charge in [-0.1, -0.05) is 24.3 Å². The van der Waals surface area contributed by atoms with E-state index in [0.29, 0.717) is 5.69 Å². The monoisotopic (exact) mass is 351 g/mol. The van der Waals surface area contributed by atoms with Crippen LogP contribution in [-0.4, -0.2) is 15.9 Å². The maximum Gasteiger partial charge on any atom is 0.267 e. The van der Waals surface area contributed by atoms with Crippen molar-refractivity contribution in [3.8, 4) is 11.3 Å². The van der Waals surface area contributed by atoms with Gasteiger partial charge >= 0.3 is 0 Å². The Morgan fingerprint density at radius 1 is 1.17 bits per heavy atom. The van der Waals surface area contributed by atoms with Crippen LogP contribution in [-0.2, 0) is 6.42 Å². The molecule has 0 bridgehead atoms. The summed E-state index contributed by atoms with van der Waals surface area (Å²) in [6.45, 7) is 0. The van der Waals surface area contributed by atoms with Gasteiger partial charge in [0.1, 0.15) is 5.69 Å². The van der Waals surface area contributed by atoms with E-state index >= 15 is 0 Å². The Hall–Kier alpha value is -2.57. The van der Waals surface area contributed by atoms with Gasteiger partial charge in [0.15, 0.2) is 0 Å². The van der Waals surface area contributed by atoms with Gasteiger partial charge in [-0.2, -0.15) is 0 Å². The number of amides is 1. The summed E-state index contributed by atoms with van der Waals surface area (Å²) in [6.07, 6.45) is 0.733. The molecule has 0 aliphatic carbocycles. The van der Waals surface area contributed by atoms with Crippen LogP contribution in [0.2, 0.25) is 0 Å². The Morgan fingerprint density at radius 2 is 2.00 bits per heavy atom. The largest absolute Gasteiger partial charge is 0.364 e. The Labute approximate surface area is 146 Å². The number of primary amides is 1. The van der Waals surface area contributed by atoms with Crippen molar-refractivity contribution < 1.29 is 4.79 Å². The predicted octanol–water partition coefficient (Wildman–Crippen LogP) is 4.11. The summed E-state index contributed by atoms with van der Waals surface area (Å²) in [6, 6.07) is 12.1. The van der Waals surface area contributed by atoms with Crippen LogP contribution in [0.3, 0.4) is 0 Å². The van der Waals surface area contributed by atoms with Gasteiger partial charge in [-0.05, 0) is 35.1 Å². The number of fused-ring (bicyclic) bond motifs is 1. The first-order valence-electron chi connectivity index (χ1n) is 7.35. The Balaban J connectivity index is 1.69. The van der Waals surface area contributed by atoms with Crippen molar-refractivity contribution in [1.29, 1.82) is 0 Å². The van der Waals surface area contributed by atoms with Gasteiger partial charge in [-0.15, -0.1) is 22.7 Å². The average molecular weight is 351 g/mol. The summed E-state index contributed by atoms with van der Waals surface area (Å²) >= 11 is 3.22. The molecule has 4 rings (SSSR count). The number of hydrogen-bond donors (Lipinski definition) is 1. The normalized spacial score (nSPS) is 11.0. The molecule has 118 valence electrons. The van der Waals surface area contributed by atoms with Gasteiger partial charge in [0.05, 0.1) is 21.4 Å². The van der Waals surface area contributed by atoms with E-state index in [9.17, 15) is 4.79 Å². The number of thiophene rings is 1. The summed E-state index contributed by atoms with van der Waals surface area (Å²) in [4.78, 5) is 20.1. The first kappa shape index (κ1) is 15.0. The molecule has 1 aromatic carbocycles. The Bertz CT molecular complexity index is 1000. The van der Waals surface area contributed by atoms with E-state index in [2.05, 4.69) is 34.2 Å². The molecule has 3 heterocycles. The van der Waals surface area contributed by atoms with Gasteiger partial charge in [0, 0.05) is 10.9 Å². The smallest absolute Gasteiger partial charge is 0.267 e. The van der Waals surface area contributed by atoms with Crippen LogP contribution in [0.25, 0.3) is 21.5 Å². The number of thiazole rings is 1. The number of nitrogens with zero attached hydrogens (tertiary/aromatic N) is 2. The topological polar surface area (TPSA) is 68.9 Å². The number of rotatable bonds is 4. The molecular formula is C18H13N3OS2. The predicted molar refractivity (Wildman–Crippen MR) is 98.5 cm³/mol. The Morgan fingerprint density at radius 3 is 2.71 bits per heavy atom. The molecule has 0 saturated carbocycles. The minimum Gasteiger partial charge on any atom is -0.364 e. The second kappa shape index (κ2) is 6.14. The van der Waals surface area contributed by atoms with Crippen LogP contribution in [0.4, 0.5) is 0 Å². The zero-order chi connectivity index (χ0) is 16.5. The molecule has 6 heteroatoms. The highest BCUT2D eigenvalue weighted by atomic mass is 32.1. The van der Waals surface area contributed by atoms with Crippen LogP contribution in [0.5, 0.6) is 0 Å². The quantitative estimate of drug-likeness (QED) is 0.601. The van der Waals surface area contributed by atoms with Crippen molar-refractivity contribution in [2.75, 3.05) is 0 Å². The average Bonchev–Trinajstić information content (AvgIpc) is 3.27. The van der Waals surface area contributed by atoms with Gasteiger partial charge in [0.25, 0.3) is 5.91 Å². The summed E-state index contributed by atoms with van der Waals surface area (Å²) in [5.41, 5.74) is 12.7. The highest BCUT2D eigenvalue weighted by Gasteiger charge is 2.11. The fourth-order valence-corrected chi connectivity index (χ4v) is 4.06. The van der Waals surface area contributed by atoms with E-state index in [1.165, 1.54) is 5.56 Å². The van der Waals surface area contributed by atoms with E-state index in [-0.39, 0.29) is 0 Å². The molecule has 1 amide bonds. The lowest BCUT2D eigenvalue weighted by Gasteiger charge is -2.06. The fourth-order valence-electron chi connectivity index (χ4n) is 2.65. The molecule has 2 N–H and O–H groups in total. The molecule has 0 saturated heterocycles. The molecule has 0 aliphatic rings. The van der Waals surface area contributed by atoms with Crippen molar-refractivity contribution in [2.45, 2.75) is 6.42 Å². The van der Waals surface area contributed by atoms with Crippen LogP contribution in [0.15, 0.2) is 52.7 Å². The lowest BCUT2D eigenvalue weighted by molar-refractivity contribution is 0.0996. The maximum atomic E-state index is 11.5. The number of carbonyl (C=O) groups excluding carboxylic acids is 1. The molecule has 0 radical (unpaired) electrons. The number of carbonyl (C=O) groups is 1. The van der Waals surface area contributed by atoms with E-state index < -0.39 is 5.91 Å². The molecule has 4 aromatic rings. The number of hydrogen-bond acceptors (Lipinski definition) is 5. The van der Waals surface area contributed by atoms with E-state index in [1.54, 1.807) is 28.7 Å². The number of nitrogens with two attached hydrogens (primary N) is 1. The Kier molecular flexibility index (Phi) is 3.84. The molecular weight excluding hydrogens is 338 g/mol. The zero-order valence-electron chi connectivity index (χ0n) is 12.6. The molecule has 24 heavy (non-hydrogen) atoms. The summed E-state index contributed by atoms with van der Waals surface area (Å²) in [7, 11) is 0. The lowest BCUT2D eigenvalue weighted by Crippen LogP contribution is -2.13. The van der Waals surface area contributed by atoms with E-state index in [0.717, 1.165) is 33.5 Å². The van der Waals surface area contributed by atoms with E-state index in [4.69, 9.17) is 5.73 Å². The third-order valence-corrected chi connectivity index (χ3v) is 5.38. The highest BCUT2D eigenvalue weighted by Crippen LogP contribution is 2.27. The lowest BCUT2D eigenvalue weighted by atomic mass is 10.0. The van der Waals surface area contributed by atoms with Gasteiger partial charge in [-0.3, -0.25) is 4.79 Å². The van der Waals surface area contributed by atoms with Crippen LogP contribution in [0.1, 0.15) is 21.6 Å². The van der Waals surface area contributed by atoms with Gasteiger partial charge in [-0.25, -0.2) is 9.97 Å². The second-order valence-electron chi connectivity index (χ2n) is 5.41. The summed E-state index contributed by atoms with van der Waals surface area (Å²) in [5, 5.41) is 4.02. The van der Waals surface area contributed by atoms with Gasteiger partial charge in [0.2, 0.25) is 0 Å². The first-order chi connectivity index (χ1) is 11.7. The van der Waals surface area contributed by atoms with Crippen LogP contribution < -0.4 is 5.73 Å². The number of aromatic nitrogens is 2. The van der Waals surface area contributed by atoms with E-state index in [1.807, 2.05) is 22.3 Å². The minimum absolute atomic E-state index is 0.315. The SMILES string of the molecule is NC(=O)c1cc(Cc2ccc(-c3cscn3)cc2)c2sccc2n1. The fraction of sp³-hybridized carbons (Fsp3) is 0.0556. The highest BCUT2D eigenvalue weighted by molar-refractivity contribution is 7.17. The number of benzene rings is 1. The molecule has 4 nitrogen and oxygen atoms in total. The minimum atomic E-state index is -0.497. The molecule has 0 fully saturated rings. The first-order valence-corrected chi connectivity index (χ1v) is 9.17. The standard InChI is InChI=1S/C18H13N3OS2/c19-18(22)15-8-13(17-14(21-15)5-6-24-17)7-11-1-3-12(4-2-11)16-9-23-10-20-16/h1-6,8-10H,7H2,(H2,19,22). The van der Waals surface area contributed by atoms with Crippen molar-refractivity contribution in [1.82, 2.24) is 9.97 Å².